The molecule has 3 rings (SSSR count). The first kappa shape index (κ1) is 17.1. The van der Waals surface area contributed by atoms with Crippen LogP contribution in [0.5, 0.6) is 0 Å². The minimum atomic E-state index is -0.279. The Morgan fingerprint density at radius 3 is 2.50 bits per heavy atom. The molecular weight excluding hydrogens is 362 g/mol. The van der Waals surface area contributed by atoms with Gasteiger partial charge in [-0.05, 0) is 53.4 Å². The fourth-order valence-electron chi connectivity index (χ4n) is 2.28. The monoisotopic (exact) mass is 375 g/mol. The van der Waals surface area contributed by atoms with Crippen LogP contribution < -0.4 is 0 Å². The molecule has 0 atom stereocenters. The maximum atomic E-state index is 12.5. The molecule has 1 aliphatic rings. The molecule has 1 fully saturated rings. The zero-order valence-corrected chi connectivity index (χ0v) is 15.3. The van der Waals surface area contributed by atoms with Gasteiger partial charge in [-0.2, -0.15) is 0 Å². The summed E-state index contributed by atoms with van der Waals surface area (Å²) in [6, 6.07) is 15.1. The summed E-state index contributed by atoms with van der Waals surface area (Å²) in [5.74, 6) is -0.279. The molecule has 6 heteroatoms. The molecular formula is C18H14ClNO2S2. The highest BCUT2D eigenvalue weighted by Gasteiger charge is 2.35. The van der Waals surface area contributed by atoms with E-state index in [2.05, 4.69) is 0 Å². The quantitative estimate of drug-likeness (QED) is 0.537. The topological polar surface area (TPSA) is 37.4 Å². The molecule has 1 heterocycles. The SMILES string of the molecule is CSc1ccc(/C=C2\SC(=O)N(Cc3ccccc3Cl)C2=O)cc1. The Morgan fingerprint density at radius 1 is 1.12 bits per heavy atom. The maximum Gasteiger partial charge on any atom is 0.293 e. The Labute approximate surface area is 154 Å². The zero-order chi connectivity index (χ0) is 17.1. The summed E-state index contributed by atoms with van der Waals surface area (Å²) in [5, 5.41) is 0.278. The van der Waals surface area contributed by atoms with E-state index in [1.807, 2.05) is 48.7 Å². The third-order valence-corrected chi connectivity index (χ3v) is 5.59. The van der Waals surface area contributed by atoms with Crippen molar-refractivity contribution < 1.29 is 9.59 Å². The number of benzene rings is 2. The largest absolute Gasteiger partial charge is 0.293 e. The van der Waals surface area contributed by atoms with E-state index >= 15 is 0 Å². The number of imide groups is 1. The number of halogens is 1. The fraction of sp³-hybridized carbons (Fsp3) is 0.111. The number of carbonyl (C=O) groups is 2. The van der Waals surface area contributed by atoms with Crippen LogP contribution >= 0.6 is 35.1 Å². The number of hydrogen-bond donors (Lipinski definition) is 0. The second-order valence-electron chi connectivity index (χ2n) is 5.13. The molecule has 3 nitrogen and oxygen atoms in total. The lowest BCUT2D eigenvalue weighted by Gasteiger charge is -2.13. The van der Waals surface area contributed by atoms with Crippen molar-refractivity contribution >= 4 is 52.3 Å². The summed E-state index contributed by atoms with van der Waals surface area (Å²) in [4.78, 5) is 27.5. The van der Waals surface area contributed by atoms with E-state index in [4.69, 9.17) is 11.6 Å². The summed E-state index contributed by atoms with van der Waals surface area (Å²) in [5.41, 5.74) is 1.66. The fourth-order valence-corrected chi connectivity index (χ4v) is 3.73. The minimum absolute atomic E-state index is 0.188. The average Bonchev–Trinajstić information content (AvgIpc) is 2.85. The van der Waals surface area contributed by atoms with E-state index in [1.165, 1.54) is 4.90 Å². The van der Waals surface area contributed by atoms with E-state index in [0.29, 0.717) is 9.93 Å². The highest BCUT2D eigenvalue weighted by atomic mass is 35.5. The number of carbonyl (C=O) groups excluding carboxylic acids is 2. The summed E-state index contributed by atoms with van der Waals surface area (Å²) in [7, 11) is 0. The second kappa shape index (κ2) is 7.47. The van der Waals surface area contributed by atoms with E-state index in [1.54, 1.807) is 23.9 Å². The standard InChI is InChI=1S/C18H14ClNO2S2/c1-23-14-8-6-12(7-9-14)10-16-17(21)20(18(22)24-16)11-13-4-2-3-5-15(13)19/h2-10H,11H2,1H3/b16-10-. The molecule has 1 saturated heterocycles. The normalized spacial score (nSPS) is 16.2. The van der Waals surface area contributed by atoms with Crippen LogP contribution in [0.1, 0.15) is 11.1 Å². The van der Waals surface area contributed by atoms with Crippen LogP contribution in [-0.4, -0.2) is 22.3 Å². The lowest BCUT2D eigenvalue weighted by atomic mass is 10.2. The van der Waals surface area contributed by atoms with Gasteiger partial charge in [0.15, 0.2) is 0 Å². The number of rotatable bonds is 4. The molecule has 0 radical (unpaired) electrons. The first-order chi connectivity index (χ1) is 11.6. The highest BCUT2D eigenvalue weighted by molar-refractivity contribution is 8.18. The molecule has 24 heavy (non-hydrogen) atoms. The third kappa shape index (κ3) is 3.69. The van der Waals surface area contributed by atoms with Gasteiger partial charge in [-0.3, -0.25) is 14.5 Å². The molecule has 2 amide bonds. The first-order valence-electron chi connectivity index (χ1n) is 7.21. The molecule has 1 aliphatic heterocycles. The van der Waals surface area contributed by atoms with E-state index < -0.39 is 0 Å². The Morgan fingerprint density at radius 2 is 1.83 bits per heavy atom. The smallest absolute Gasteiger partial charge is 0.268 e. The molecule has 2 aromatic rings. The molecule has 2 aromatic carbocycles. The highest BCUT2D eigenvalue weighted by Crippen LogP contribution is 2.34. The Kier molecular flexibility index (Phi) is 5.33. The first-order valence-corrected chi connectivity index (χ1v) is 9.63. The van der Waals surface area contributed by atoms with Crippen LogP contribution in [0.25, 0.3) is 6.08 Å². The van der Waals surface area contributed by atoms with Gasteiger partial charge in [-0.1, -0.05) is 41.9 Å². The zero-order valence-electron chi connectivity index (χ0n) is 12.9. The molecule has 0 N–H and O–H groups in total. The summed E-state index contributed by atoms with van der Waals surface area (Å²) >= 11 is 8.74. The van der Waals surface area contributed by atoms with Crippen molar-refractivity contribution in [3.63, 3.8) is 0 Å². The molecule has 0 spiro atoms. The van der Waals surface area contributed by atoms with Gasteiger partial charge in [-0.25, -0.2) is 0 Å². The summed E-state index contributed by atoms with van der Waals surface area (Å²) < 4.78 is 0. The van der Waals surface area contributed by atoms with Crippen LogP contribution in [0.15, 0.2) is 58.3 Å². The van der Waals surface area contributed by atoms with Crippen molar-refractivity contribution in [3.05, 3.63) is 69.6 Å². The van der Waals surface area contributed by atoms with Crippen LogP contribution in [0.2, 0.25) is 5.02 Å². The lowest BCUT2D eigenvalue weighted by Crippen LogP contribution is -2.27. The molecule has 122 valence electrons. The van der Waals surface area contributed by atoms with Crippen molar-refractivity contribution in [1.29, 1.82) is 0 Å². The number of nitrogens with zero attached hydrogens (tertiary/aromatic N) is 1. The van der Waals surface area contributed by atoms with Crippen LogP contribution in [0.4, 0.5) is 4.79 Å². The van der Waals surface area contributed by atoms with E-state index in [0.717, 1.165) is 27.8 Å². The van der Waals surface area contributed by atoms with Crippen molar-refractivity contribution in [3.8, 4) is 0 Å². The minimum Gasteiger partial charge on any atom is -0.268 e. The predicted octanol–water partition coefficient (Wildman–Crippen LogP) is 5.30. The van der Waals surface area contributed by atoms with Gasteiger partial charge in [0, 0.05) is 9.92 Å². The van der Waals surface area contributed by atoms with Gasteiger partial charge in [0.05, 0.1) is 11.4 Å². The molecule has 0 aromatic heterocycles. The van der Waals surface area contributed by atoms with Crippen molar-refractivity contribution in [1.82, 2.24) is 4.90 Å². The van der Waals surface area contributed by atoms with E-state index in [-0.39, 0.29) is 17.7 Å². The maximum absolute atomic E-state index is 12.5. The van der Waals surface area contributed by atoms with Gasteiger partial charge < -0.3 is 0 Å². The second-order valence-corrected chi connectivity index (χ2v) is 7.41. The van der Waals surface area contributed by atoms with Crippen molar-refractivity contribution in [2.75, 3.05) is 6.26 Å². The molecule has 0 saturated carbocycles. The van der Waals surface area contributed by atoms with Crippen molar-refractivity contribution in [2.24, 2.45) is 0 Å². The van der Waals surface area contributed by atoms with Gasteiger partial charge >= 0.3 is 0 Å². The summed E-state index contributed by atoms with van der Waals surface area (Å²) in [6.07, 6.45) is 3.76. The predicted molar refractivity (Wildman–Crippen MR) is 101 cm³/mol. The third-order valence-electron chi connectivity index (χ3n) is 3.57. The van der Waals surface area contributed by atoms with Crippen molar-refractivity contribution in [2.45, 2.75) is 11.4 Å². The Bertz CT molecular complexity index is 818. The number of hydrogen-bond acceptors (Lipinski definition) is 4. The number of amides is 2. The Hall–Kier alpha value is -1.69. The van der Waals surface area contributed by atoms with Gasteiger partial charge in [0.2, 0.25) is 0 Å². The average molecular weight is 376 g/mol. The number of thioether (sulfide) groups is 2. The van der Waals surface area contributed by atoms with Gasteiger partial charge in [0.25, 0.3) is 11.1 Å². The van der Waals surface area contributed by atoms with Gasteiger partial charge in [-0.15, -0.1) is 11.8 Å². The Balaban J connectivity index is 1.80. The van der Waals surface area contributed by atoms with Crippen LogP contribution in [-0.2, 0) is 11.3 Å². The lowest BCUT2D eigenvalue weighted by molar-refractivity contribution is -0.123. The summed E-state index contributed by atoms with van der Waals surface area (Å²) in [6.45, 7) is 0.188. The molecule has 0 aliphatic carbocycles. The van der Waals surface area contributed by atoms with E-state index in [9.17, 15) is 9.59 Å². The van der Waals surface area contributed by atoms with Crippen LogP contribution in [0, 0.1) is 0 Å². The molecule has 0 bridgehead atoms. The van der Waals surface area contributed by atoms with Crippen LogP contribution in [0.3, 0.4) is 0 Å². The molecule has 0 unspecified atom stereocenters. The van der Waals surface area contributed by atoms with Gasteiger partial charge in [0.1, 0.15) is 0 Å².